The number of aliphatic hydroxyl groups excluding tert-OH is 2. The Morgan fingerprint density at radius 1 is 0.913 bits per heavy atom. The molecule has 1 aromatic carbocycles. The maximum Gasteiger partial charge on any atom is 0.0701 e. The molecule has 0 aliphatic rings. The van der Waals surface area contributed by atoms with E-state index in [0.29, 0.717) is 19.8 Å². The Bertz CT molecular complexity index is 409. The number of hydrogen-bond donors (Lipinski definition) is 3. The van der Waals surface area contributed by atoms with Crippen molar-refractivity contribution in [1.29, 1.82) is 0 Å². The summed E-state index contributed by atoms with van der Waals surface area (Å²) >= 11 is 4.31. The predicted molar refractivity (Wildman–Crippen MR) is 96.3 cm³/mol. The van der Waals surface area contributed by atoms with E-state index >= 15 is 0 Å². The average Bonchev–Trinajstić information content (AvgIpc) is 2.59. The predicted octanol–water partition coefficient (Wildman–Crippen LogP) is 1.85. The second-order valence-electron chi connectivity index (χ2n) is 5.26. The van der Waals surface area contributed by atoms with Gasteiger partial charge in [0.15, 0.2) is 0 Å². The van der Waals surface area contributed by atoms with Crippen LogP contribution in [0.25, 0.3) is 0 Å². The molecule has 0 saturated heterocycles. The Labute approximate surface area is 144 Å². The topological polar surface area (TPSA) is 62.2 Å². The van der Waals surface area contributed by atoms with Crippen LogP contribution in [0.5, 0.6) is 0 Å². The standard InChI is InChI=1S/C17H29NO4S/c1-2-5-21-7-8-22-6-3-18(4-9-23)17-11-15(13-19)10-16(12-17)14-20/h10-12,19-20,23H,2-9,13-14H2,1H3. The zero-order valence-electron chi connectivity index (χ0n) is 13.9. The summed E-state index contributed by atoms with van der Waals surface area (Å²) in [4.78, 5) is 2.15. The number of nitrogens with zero attached hydrogens (tertiary/aromatic N) is 1. The lowest BCUT2D eigenvalue weighted by Crippen LogP contribution is -2.30. The van der Waals surface area contributed by atoms with Crippen LogP contribution < -0.4 is 4.90 Å². The van der Waals surface area contributed by atoms with Gasteiger partial charge in [-0.15, -0.1) is 0 Å². The highest BCUT2D eigenvalue weighted by Crippen LogP contribution is 2.20. The van der Waals surface area contributed by atoms with E-state index < -0.39 is 0 Å². The number of anilines is 1. The van der Waals surface area contributed by atoms with Gasteiger partial charge in [0, 0.05) is 31.1 Å². The van der Waals surface area contributed by atoms with E-state index in [2.05, 4.69) is 24.5 Å². The first-order valence-electron chi connectivity index (χ1n) is 8.11. The van der Waals surface area contributed by atoms with Crippen LogP contribution in [-0.2, 0) is 22.7 Å². The van der Waals surface area contributed by atoms with Gasteiger partial charge in [-0.25, -0.2) is 0 Å². The first-order valence-corrected chi connectivity index (χ1v) is 8.74. The van der Waals surface area contributed by atoms with E-state index in [1.54, 1.807) is 0 Å². The van der Waals surface area contributed by atoms with E-state index in [1.165, 1.54) is 0 Å². The van der Waals surface area contributed by atoms with Gasteiger partial charge in [0.2, 0.25) is 0 Å². The third kappa shape index (κ3) is 8.04. The number of thiol groups is 1. The van der Waals surface area contributed by atoms with Crippen molar-refractivity contribution >= 4 is 18.3 Å². The molecule has 0 fully saturated rings. The Kier molecular flexibility index (Phi) is 11.1. The first-order chi connectivity index (χ1) is 11.2. The van der Waals surface area contributed by atoms with Crippen LogP contribution >= 0.6 is 12.6 Å². The van der Waals surface area contributed by atoms with Gasteiger partial charge in [0.1, 0.15) is 0 Å². The molecule has 0 amide bonds. The second-order valence-corrected chi connectivity index (χ2v) is 5.71. The van der Waals surface area contributed by atoms with Crippen LogP contribution in [0.3, 0.4) is 0 Å². The van der Waals surface area contributed by atoms with Crippen LogP contribution in [0.4, 0.5) is 5.69 Å². The Morgan fingerprint density at radius 3 is 2.04 bits per heavy atom. The van der Waals surface area contributed by atoms with Crippen molar-refractivity contribution < 1.29 is 19.7 Å². The van der Waals surface area contributed by atoms with Crippen molar-refractivity contribution in [3.8, 4) is 0 Å². The van der Waals surface area contributed by atoms with Crippen molar-refractivity contribution in [2.45, 2.75) is 26.6 Å². The summed E-state index contributed by atoms with van der Waals surface area (Å²) < 4.78 is 11.0. The van der Waals surface area contributed by atoms with E-state index in [0.717, 1.165) is 48.7 Å². The van der Waals surface area contributed by atoms with E-state index in [9.17, 15) is 10.2 Å². The summed E-state index contributed by atoms with van der Waals surface area (Å²) in [5.41, 5.74) is 2.56. The van der Waals surface area contributed by atoms with Gasteiger partial charge in [-0.3, -0.25) is 0 Å². The number of hydrogen-bond acceptors (Lipinski definition) is 6. The molecule has 132 valence electrons. The second kappa shape index (κ2) is 12.6. The summed E-state index contributed by atoms with van der Waals surface area (Å²) in [5, 5.41) is 18.7. The number of benzene rings is 1. The monoisotopic (exact) mass is 343 g/mol. The number of ether oxygens (including phenoxy) is 2. The van der Waals surface area contributed by atoms with Gasteiger partial charge in [-0.1, -0.05) is 13.0 Å². The minimum absolute atomic E-state index is 0.0409. The highest BCUT2D eigenvalue weighted by Gasteiger charge is 2.08. The molecule has 0 bridgehead atoms. The van der Waals surface area contributed by atoms with Crippen LogP contribution in [-0.4, -0.2) is 55.5 Å². The molecule has 0 atom stereocenters. The van der Waals surface area contributed by atoms with Gasteiger partial charge < -0.3 is 24.6 Å². The molecule has 1 aromatic rings. The van der Waals surface area contributed by atoms with Crippen molar-refractivity contribution in [3.05, 3.63) is 29.3 Å². The van der Waals surface area contributed by atoms with Crippen LogP contribution in [0.15, 0.2) is 18.2 Å². The van der Waals surface area contributed by atoms with Gasteiger partial charge in [0.05, 0.1) is 33.0 Å². The van der Waals surface area contributed by atoms with Crippen LogP contribution in [0.1, 0.15) is 24.5 Å². The zero-order chi connectivity index (χ0) is 16.9. The highest BCUT2D eigenvalue weighted by atomic mass is 32.1. The van der Waals surface area contributed by atoms with Gasteiger partial charge in [0.25, 0.3) is 0 Å². The smallest absolute Gasteiger partial charge is 0.0701 e. The van der Waals surface area contributed by atoms with Crippen LogP contribution in [0, 0.1) is 0 Å². The van der Waals surface area contributed by atoms with Crippen molar-refractivity contribution in [2.24, 2.45) is 0 Å². The van der Waals surface area contributed by atoms with Crippen molar-refractivity contribution in [3.63, 3.8) is 0 Å². The maximum atomic E-state index is 9.36. The lowest BCUT2D eigenvalue weighted by Gasteiger charge is -2.25. The summed E-state index contributed by atoms with van der Waals surface area (Å²) in [6.45, 7) is 6.09. The van der Waals surface area contributed by atoms with Crippen LogP contribution in [0.2, 0.25) is 0 Å². The Hall–Kier alpha value is -0.790. The molecule has 0 radical (unpaired) electrons. The molecule has 1 rings (SSSR count). The Morgan fingerprint density at radius 2 is 1.52 bits per heavy atom. The molecular formula is C17H29NO4S. The summed E-state index contributed by atoms with van der Waals surface area (Å²) in [5.74, 6) is 0.720. The maximum absolute atomic E-state index is 9.36. The van der Waals surface area contributed by atoms with E-state index in [-0.39, 0.29) is 13.2 Å². The molecule has 6 heteroatoms. The molecule has 0 saturated carbocycles. The molecule has 0 unspecified atom stereocenters. The SMILES string of the molecule is CCCOCCOCCN(CCS)c1cc(CO)cc(CO)c1. The third-order valence-corrected chi connectivity index (χ3v) is 3.56. The molecule has 0 spiro atoms. The Balaban J connectivity index is 2.53. The van der Waals surface area contributed by atoms with Gasteiger partial charge in [-0.2, -0.15) is 12.6 Å². The number of aliphatic hydroxyl groups is 2. The fourth-order valence-electron chi connectivity index (χ4n) is 2.24. The lowest BCUT2D eigenvalue weighted by atomic mass is 10.1. The number of rotatable bonds is 13. The molecule has 5 nitrogen and oxygen atoms in total. The molecule has 23 heavy (non-hydrogen) atoms. The third-order valence-electron chi connectivity index (χ3n) is 3.36. The molecule has 2 N–H and O–H groups in total. The lowest BCUT2D eigenvalue weighted by molar-refractivity contribution is 0.0506. The minimum Gasteiger partial charge on any atom is -0.392 e. The fraction of sp³-hybridized carbons (Fsp3) is 0.647. The highest BCUT2D eigenvalue weighted by molar-refractivity contribution is 7.80. The molecule has 0 heterocycles. The van der Waals surface area contributed by atoms with Crippen molar-refractivity contribution in [1.82, 2.24) is 0 Å². The molecule has 0 aliphatic carbocycles. The van der Waals surface area contributed by atoms with E-state index in [4.69, 9.17) is 9.47 Å². The molecular weight excluding hydrogens is 314 g/mol. The van der Waals surface area contributed by atoms with Gasteiger partial charge in [-0.05, 0) is 29.7 Å². The first kappa shape index (κ1) is 20.3. The average molecular weight is 343 g/mol. The summed E-state index contributed by atoms with van der Waals surface area (Å²) in [7, 11) is 0. The molecule has 0 aliphatic heterocycles. The minimum atomic E-state index is -0.0409. The molecule has 0 aromatic heterocycles. The largest absolute Gasteiger partial charge is 0.392 e. The van der Waals surface area contributed by atoms with Gasteiger partial charge >= 0.3 is 0 Å². The normalized spacial score (nSPS) is 11.0. The summed E-state index contributed by atoms with van der Waals surface area (Å²) in [6.07, 6.45) is 1.02. The quantitative estimate of drug-likeness (QED) is 0.377. The van der Waals surface area contributed by atoms with Crippen molar-refractivity contribution in [2.75, 3.05) is 50.2 Å². The van der Waals surface area contributed by atoms with E-state index in [1.807, 2.05) is 18.2 Å². The summed E-state index contributed by atoms with van der Waals surface area (Å²) in [6, 6.07) is 5.68. The zero-order valence-corrected chi connectivity index (χ0v) is 14.8. The fourth-order valence-corrected chi connectivity index (χ4v) is 2.48.